The van der Waals surface area contributed by atoms with Crippen molar-refractivity contribution in [2.75, 3.05) is 0 Å². The van der Waals surface area contributed by atoms with Gasteiger partial charge in [0, 0.05) is 11.8 Å². The molecule has 18 heavy (non-hydrogen) atoms. The summed E-state index contributed by atoms with van der Waals surface area (Å²) in [6, 6.07) is 11.8. The number of benzene rings is 1. The fraction of sp³-hybridized carbons (Fsp3) is 0.333. The summed E-state index contributed by atoms with van der Waals surface area (Å²) in [5.74, 6) is 0. The lowest BCUT2D eigenvalue weighted by molar-refractivity contribution is 0.624. The van der Waals surface area contributed by atoms with Crippen LogP contribution in [0.2, 0.25) is 0 Å². The molecule has 1 aromatic heterocycles. The van der Waals surface area contributed by atoms with Crippen LogP contribution in [0.5, 0.6) is 0 Å². The Bertz CT molecular complexity index is 546. The second-order valence-electron chi connectivity index (χ2n) is 4.41. The van der Waals surface area contributed by atoms with Crippen molar-refractivity contribution in [1.82, 2.24) is 9.78 Å². The van der Waals surface area contributed by atoms with Crippen LogP contribution in [0, 0.1) is 0 Å². The van der Waals surface area contributed by atoms with Crippen molar-refractivity contribution in [2.24, 2.45) is 0 Å². The summed E-state index contributed by atoms with van der Waals surface area (Å²) in [4.78, 5) is 12.2. The molecule has 0 atom stereocenters. The molecule has 3 nitrogen and oxygen atoms in total. The molecule has 0 N–H and O–H groups in total. The summed E-state index contributed by atoms with van der Waals surface area (Å²) < 4.78 is 1.54. The van der Waals surface area contributed by atoms with Crippen LogP contribution >= 0.6 is 0 Å². The topological polar surface area (TPSA) is 34.9 Å². The Kier molecular flexibility index (Phi) is 4.29. The van der Waals surface area contributed by atoms with Gasteiger partial charge in [-0.3, -0.25) is 4.79 Å². The monoisotopic (exact) mass is 242 g/mol. The van der Waals surface area contributed by atoms with Gasteiger partial charge in [0.05, 0.1) is 6.54 Å². The van der Waals surface area contributed by atoms with Crippen LogP contribution in [0.4, 0.5) is 0 Å². The maximum atomic E-state index is 12.2. The van der Waals surface area contributed by atoms with Gasteiger partial charge in [-0.1, -0.05) is 43.7 Å². The van der Waals surface area contributed by atoms with Crippen molar-refractivity contribution in [3.05, 3.63) is 64.1 Å². The maximum absolute atomic E-state index is 12.2. The fourth-order valence-corrected chi connectivity index (χ4v) is 1.92. The van der Waals surface area contributed by atoms with E-state index in [0.29, 0.717) is 6.54 Å². The Morgan fingerprint density at radius 3 is 2.67 bits per heavy atom. The number of nitrogens with zero attached hydrogens (tertiary/aromatic N) is 2. The summed E-state index contributed by atoms with van der Waals surface area (Å²) in [6.45, 7) is 2.67. The van der Waals surface area contributed by atoms with Gasteiger partial charge in [0.2, 0.25) is 0 Å². The highest BCUT2D eigenvalue weighted by atomic mass is 16.1. The molecule has 0 fully saturated rings. The fourth-order valence-electron chi connectivity index (χ4n) is 1.92. The maximum Gasteiger partial charge on any atom is 0.270 e. The van der Waals surface area contributed by atoms with E-state index in [4.69, 9.17) is 0 Å². The molecular weight excluding hydrogens is 224 g/mol. The Hall–Kier alpha value is -1.90. The number of hydrogen-bond acceptors (Lipinski definition) is 2. The summed E-state index contributed by atoms with van der Waals surface area (Å²) in [6.07, 6.45) is 4.70. The van der Waals surface area contributed by atoms with Crippen molar-refractivity contribution in [3.8, 4) is 0 Å². The highest BCUT2D eigenvalue weighted by Gasteiger charge is 2.04. The van der Waals surface area contributed by atoms with Crippen LogP contribution in [0.3, 0.4) is 0 Å². The lowest BCUT2D eigenvalue weighted by atomic mass is 10.1. The summed E-state index contributed by atoms with van der Waals surface area (Å²) in [5.41, 5.74) is 2.00. The van der Waals surface area contributed by atoms with Gasteiger partial charge < -0.3 is 0 Å². The van der Waals surface area contributed by atoms with E-state index in [1.807, 2.05) is 36.4 Å². The smallest absolute Gasteiger partial charge is 0.267 e. The third-order valence-electron chi connectivity index (χ3n) is 2.97. The highest BCUT2D eigenvalue weighted by Crippen LogP contribution is 2.02. The van der Waals surface area contributed by atoms with Gasteiger partial charge in [0.25, 0.3) is 5.56 Å². The van der Waals surface area contributed by atoms with Gasteiger partial charge in [-0.2, -0.15) is 5.10 Å². The number of rotatable bonds is 5. The quantitative estimate of drug-likeness (QED) is 0.808. The van der Waals surface area contributed by atoms with Gasteiger partial charge in [-0.15, -0.1) is 0 Å². The van der Waals surface area contributed by atoms with Crippen LogP contribution in [-0.2, 0) is 13.0 Å². The van der Waals surface area contributed by atoms with Gasteiger partial charge >= 0.3 is 0 Å². The molecule has 0 aliphatic carbocycles. The van der Waals surface area contributed by atoms with Crippen LogP contribution in [0.1, 0.15) is 30.9 Å². The average Bonchev–Trinajstić information content (AvgIpc) is 2.41. The molecular formula is C15H18N2O. The molecule has 0 radical (unpaired) electrons. The van der Waals surface area contributed by atoms with Gasteiger partial charge in [0.15, 0.2) is 0 Å². The minimum absolute atomic E-state index is 0.0369. The molecule has 0 saturated carbocycles. The summed E-state index contributed by atoms with van der Waals surface area (Å²) in [7, 11) is 0. The summed E-state index contributed by atoms with van der Waals surface area (Å²) in [5, 5.41) is 4.15. The number of aromatic nitrogens is 2. The summed E-state index contributed by atoms with van der Waals surface area (Å²) >= 11 is 0. The standard InChI is InChI=1S/C15H18N2O/c1-2-3-9-14-10-11-16-17(15(14)18)12-13-7-5-4-6-8-13/h4-8,10-11H,2-3,9,12H2,1H3. The molecule has 0 aliphatic heterocycles. The van der Waals surface area contributed by atoms with Crippen molar-refractivity contribution in [3.63, 3.8) is 0 Å². The SMILES string of the molecule is CCCCc1ccnn(Cc2ccccc2)c1=O. The first-order valence-electron chi connectivity index (χ1n) is 6.40. The molecule has 0 unspecified atom stereocenters. The Morgan fingerprint density at radius 2 is 1.94 bits per heavy atom. The minimum atomic E-state index is 0.0369. The largest absolute Gasteiger partial charge is 0.270 e. The Balaban J connectivity index is 2.21. The normalized spacial score (nSPS) is 10.5. The first-order chi connectivity index (χ1) is 8.81. The third-order valence-corrected chi connectivity index (χ3v) is 2.97. The van der Waals surface area contributed by atoms with Crippen molar-refractivity contribution < 1.29 is 0 Å². The molecule has 1 heterocycles. The van der Waals surface area contributed by atoms with E-state index in [0.717, 1.165) is 30.4 Å². The van der Waals surface area contributed by atoms with Crippen molar-refractivity contribution in [1.29, 1.82) is 0 Å². The zero-order valence-electron chi connectivity index (χ0n) is 10.7. The van der Waals surface area contributed by atoms with E-state index in [9.17, 15) is 4.79 Å². The average molecular weight is 242 g/mol. The van der Waals surface area contributed by atoms with E-state index in [-0.39, 0.29) is 5.56 Å². The van der Waals surface area contributed by atoms with Gasteiger partial charge in [-0.05, 0) is 24.5 Å². The van der Waals surface area contributed by atoms with Crippen LogP contribution in [0.25, 0.3) is 0 Å². The number of aryl methyl sites for hydroxylation is 1. The predicted octanol–water partition coefficient (Wildman–Crippen LogP) is 2.63. The van der Waals surface area contributed by atoms with Crippen LogP contribution in [0.15, 0.2) is 47.4 Å². The second kappa shape index (κ2) is 6.15. The van der Waals surface area contributed by atoms with E-state index in [2.05, 4.69) is 12.0 Å². The Labute approximate surface area is 107 Å². The minimum Gasteiger partial charge on any atom is -0.267 e. The first kappa shape index (κ1) is 12.6. The second-order valence-corrected chi connectivity index (χ2v) is 4.41. The van der Waals surface area contributed by atoms with Crippen molar-refractivity contribution >= 4 is 0 Å². The number of hydrogen-bond donors (Lipinski definition) is 0. The molecule has 2 aromatic rings. The third kappa shape index (κ3) is 3.06. The number of unbranched alkanes of at least 4 members (excludes halogenated alkanes) is 1. The predicted molar refractivity (Wildman–Crippen MR) is 72.7 cm³/mol. The van der Waals surface area contributed by atoms with E-state index < -0.39 is 0 Å². The van der Waals surface area contributed by atoms with E-state index in [1.54, 1.807) is 10.9 Å². The zero-order chi connectivity index (χ0) is 12.8. The molecule has 3 heteroatoms. The molecule has 94 valence electrons. The lowest BCUT2D eigenvalue weighted by Crippen LogP contribution is -2.26. The van der Waals surface area contributed by atoms with Crippen molar-refractivity contribution in [2.45, 2.75) is 32.7 Å². The highest BCUT2D eigenvalue weighted by molar-refractivity contribution is 5.15. The Morgan fingerprint density at radius 1 is 1.17 bits per heavy atom. The molecule has 0 spiro atoms. The molecule has 2 rings (SSSR count). The van der Waals surface area contributed by atoms with Crippen LogP contribution < -0.4 is 5.56 Å². The molecule has 0 amide bonds. The van der Waals surface area contributed by atoms with Crippen LogP contribution in [-0.4, -0.2) is 9.78 Å². The molecule has 0 saturated heterocycles. The van der Waals surface area contributed by atoms with Gasteiger partial charge in [-0.25, -0.2) is 4.68 Å². The van der Waals surface area contributed by atoms with E-state index >= 15 is 0 Å². The molecule has 0 aliphatic rings. The van der Waals surface area contributed by atoms with Gasteiger partial charge in [0.1, 0.15) is 0 Å². The lowest BCUT2D eigenvalue weighted by Gasteiger charge is -2.06. The first-order valence-corrected chi connectivity index (χ1v) is 6.40. The zero-order valence-corrected chi connectivity index (χ0v) is 10.7. The van der Waals surface area contributed by atoms with E-state index in [1.165, 1.54) is 0 Å². The molecule has 0 bridgehead atoms. The molecule has 1 aromatic carbocycles.